The Bertz CT molecular complexity index is 693. The van der Waals surface area contributed by atoms with Gasteiger partial charge >= 0.3 is 17.9 Å². The summed E-state index contributed by atoms with van der Waals surface area (Å²) in [5.41, 5.74) is -2.66. The zero-order chi connectivity index (χ0) is 34.1. The monoisotopic (exact) mass is 655 g/mol. The molecule has 0 saturated heterocycles. The quantitative estimate of drug-likeness (QED) is 0.0454. The van der Waals surface area contributed by atoms with Crippen LogP contribution < -0.4 is 0 Å². The molecule has 7 heteroatoms. The van der Waals surface area contributed by atoms with Crippen LogP contribution in [-0.4, -0.2) is 44.9 Å². The predicted octanol–water partition coefficient (Wildman–Crippen LogP) is 11.3. The van der Waals surface area contributed by atoms with E-state index in [0.29, 0.717) is 12.8 Å². The minimum Gasteiger partial charge on any atom is -0.481 e. The Morgan fingerprint density at radius 2 is 0.761 bits per heavy atom. The van der Waals surface area contributed by atoms with Crippen molar-refractivity contribution in [3.63, 3.8) is 0 Å². The molecule has 0 aromatic carbocycles. The van der Waals surface area contributed by atoms with Crippen LogP contribution in [0.1, 0.15) is 219 Å². The van der Waals surface area contributed by atoms with Crippen molar-refractivity contribution in [3.8, 4) is 0 Å². The molecular formula is C39H74O7. The lowest BCUT2D eigenvalue weighted by Gasteiger charge is -2.23. The molecule has 0 rings (SSSR count). The molecular weight excluding hydrogens is 580 g/mol. The van der Waals surface area contributed by atoms with E-state index >= 15 is 0 Å². The maximum atomic E-state index is 12.6. The summed E-state index contributed by atoms with van der Waals surface area (Å²) < 4.78 is 5.65. The van der Waals surface area contributed by atoms with Gasteiger partial charge in [-0.1, -0.05) is 181 Å². The summed E-state index contributed by atoms with van der Waals surface area (Å²) in [6, 6.07) is 0. The fraction of sp³-hybridized carbons (Fsp3) is 0.923. The first kappa shape index (κ1) is 44.4. The highest BCUT2D eigenvalue weighted by Gasteiger charge is 2.41. The molecule has 0 bridgehead atoms. The molecule has 46 heavy (non-hydrogen) atoms. The lowest BCUT2D eigenvalue weighted by atomic mass is 9.95. The van der Waals surface area contributed by atoms with Gasteiger partial charge < -0.3 is 20.1 Å². The van der Waals surface area contributed by atoms with Gasteiger partial charge in [0.15, 0.2) is 5.60 Å². The minimum absolute atomic E-state index is 0.329. The molecule has 0 aromatic heterocycles. The standard InChI is InChI=1S/C39H74O7/c1-3-5-7-9-11-13-15-17-19-21-23-25-27-29-31-35(46-37(42)34-39(45,38(43)44)33-36(40)41)32-30-28-26-24-22-20-18-16-14-12-10-8-6-4-2/h35,45H,3-34H2,1-2H3,(H,40,41)(H,43,44). The van der Waals surface area contributed by atoms with E-state index < -0.39 is 36.4 Å². The first-order valence-electron chi connectivity index (χ1n) is 19.6. The van der Waals surface area contributed by atoms with Crippen LogP contribution >= 0.6 is 0 Å². The second-order valence-corrected chi connectivity index (χ2v) is 14.0. The van der Waals surface area contributed by atoms with E-state index in [1.54, 1.807) is 0 Å². The third-order valence-electron chi connectivity index (χ3n) is 9.34. The van der Waals surface area contributed by atoms with Crippen LogP contribution in [0.25, 0.3) is 0 Å². The van der Waals surface area contributed by atoms with Crippen molar-refractivity contribution in [1.82, 2.24) is 0 Å². The number of esters is 1. The summed E-state index contributed by atoms with van der Waals surface area (Å²) in [4.78, 5) is 35.2. The number of rotatable bonds is 36. The van der Waals surface area contributed by atoms with Crippen molar-refractivity contribution < 1.29 is 34.4 Å². The first-order valence-corrected chi connectivity index (χ1v) is 19.6. The number of aliphatic carboxylic acids is 2. The Morgan fingerprint density at radius 3 is 1.02 bits per heavy atom. The Morgan fingerprint density at radius 1 is 0.478 bits per heavy atom. The second kappa shape index (κ2) is 31.9. The van der Waals surface area contributed by atoms with Gasteiger partial charge in [0.25, 0.3) is 0 Å². The van der Waals surface area contributed by atoms with Crippen molar-refractivity contribution in [2.75, 3.05) is 0 Å². The first-order chi connectivity index (χ1) is 22.2. The maximum absolute atomic E-state index is 12.6. The lowest BCUT2D eigenvalue weighted by Crippen LogP contribution is -2.43. The normalized spacial score (nSPS) is 12.8. The van der Waals surface area contributed by atoms with Crippen LogP contribution in [0, 0.1) is 0 Å². The molecule has 0 spiro atoms. The van der Waals surface area contributed by atoms with E-state index in [4.69, 9.17) is 9.84 Å². The Labute approximate surface area is 283 Å². The number of carbonyl (C=O) groups is 3. The molecule has 0 aliphatic carbocycles. The van der Waals surface area contributed by atoms with Crippen molar-refractivity contribution in [3.05, 3.63) is 0 Å². The van der Waals surface area contributed by atoms with Gasteiger partial charge in [0, 0.05) is 0 Å². The topological polar surface area (TPSA) is 121 Å². The molecule has 0 aliphatic heterocycles. The van der Waals surface area contributed by atoms with Gasteiger partial charge in [-0.25, -0.2) is 4.79 Å². The molecule has 0 heterocycles. The third kappa shape index (κ3) is 28.6. The van der Waals surface area contributed by atoms with Crippen molar-refractivity contribution in [1.29, 1.82) is 0 Å². The Hall–Kier alpha value is -1.63. The van der Waals surface area contributed by atoms with Crippen LogP contribution in [0.3, 0.4) is 0 Å². The SMILES string of the molecule is CCCCCCCCCCCCCCCCC(CCCCCCCCCCCCCCCC)OC(=O)CC(O)(CC(=O)O)C(=O)O. The van der Waals surface area contributed by atoms with E-state index in [0.717, 1.165) is 38.5 Å². The zero-order valence-electron chi connectivity index (χ0n) is 30.2. The maximum Gasteiger partial charge on any atom is 0.336 e. The molecule has 0 aromatic rings. The smallest absolute Gasteiger partial charge is 0.336 e. The number of unbranched alkanes of at least 4 members (excludes halogenated alkanes) is 26. The molecule has 0 fully saturated rings. The number of ether oxygens (including phenoxy) is 1. The molecule has 272 valence electrons. The van der Waals surface area contributed by atoms with Gasteiger partial charge in [-0.15, -0.1) is 0 Å². The number of carboxylic acid groups (broad SMARTS) is 2. The van der Waals surface area contributed by atoms with Gasteiger partial charge in [-0.05, 0) is 25.7 Å². The molecule has 0 saturated carbocycles. The van der Waals surface area contributed by atoms with E-state index in [9.17, 15) is 24.6 Å². The molecule has 7 nitrogen and oxygen atoms in total. The highest BCUT2D eigenvalue weighted by atomic mass is 16.5. The molecule has 1 unspecified atom stereocenters. The summed E-state index contributed by atoms with van der Waals surface area (Å²) in [6.45, 7) is 4.51. The lowest BCUT2D eigenvalue weighted by molar-refractivity contribution is -0.173. The number of hydrogen-bond acceptors (Lipinski definition) is 5. The van der Waals surface area contributed by atoms with Crippen LogP contribution in [0.4, 0.5) is 0 Å². The highest BCUT2D eigenvalue weighted by Crippen LogP contribution is 2.22. The van der Waals surface area contributed by atoms with E-state index in [2.05, 4.69) is 13.8 Å². The summed E-state index contributed by atoms with van der Waals surface area (Å²) >= 11 is 0. The summed E-state index contributed by atoms with van der Waals surface area (Å²) in [5.74, 6) is -4.03. The molecule has 3 N–H and O–H groups in total. The Balaban J connectivity index is 4.32. The number of hydrogen-bond donors (Lipinski definition) is 3. The van der Waals surface area contributed by atoms with E-state index in [1.807, 2.05) is 0 Å². The number of carboxylic acids is 2. The fourth-order valence-corrected chi connectivity index (χ4v) is 6.33. The second-order valence-electron chi connectivity index (χ2n) is 14.0. The van der Waals surface area contributed by atoms with Crippen LogP contribution in [0.5, 0.6) is 0 Å². The van der Waals surface area contributed by atoms with Crippen LogP contribution in [-0.2, 0) is 19.1 Å². The van der Waals surface area contributed by atoms with Gasteiger partial charge in [0.2, 0.25) is 0 Å². The summed E-state index contributed by atoms with van der Waals surface area (Å²) in [6.07, 6.45) is 34.8. The molecule has 0 amide bonds. The molecule has 1 atom stereocenters. The van der Waals surface area contributed by atoms with Crippen molar-refractivity contribution >= 4 is 17.9 Å². The number of aliphatic hydroxyl groups is 1. The van der Waals surface area contributed by atoms with Crippen molar-refractivity contribution in [2.45, 2.75) is 231 Å². The average Bonchev–Trinajstić information content (AvgIpc) is 3.00. The minimum atomic E-state index is -2.66. The Kier molecular flexibility index (Phi) is 30.8. The van der Waals surface area contributed by atoms with Crippen molar-refractivity contribution in [2.24, 2.45) is 0 Å². The predicted molar refractivity (Wildman–Crippen MR) is 189 cm³/mol. The highest BCUT2D eigenvalue weighted by molar-refractivity contribution is 5.88. The van der Waals surface area contributed by atoms with E-state index in [-0.39, 0.29) is 6.10 Å². The van der Waals surface area contributed by atoms with Crippen LogP contribution in [0.2, 0.25) is 0 Å². The summed E-state index contributed by atoms with van der Waals surface area (Å²) in [7, 11) is 0. The van der Waals surface area contributed by atoms with E-state index in [1.165, 1.54) is 141 Å². The average molecular weight is 655 g/mol. The van der Waals surface area contributed by atoms with Gasteiger partial charge in [0.05, 0.1) is 12.8 Å². The number of carbonyl (C=O) groups excluding carboxylic acids is 1. The molecule has 0 radical (unpaired) electrons. The largest absolute Gasteiger partial charge is 0.481 e. The summed E-state index contributed by atoms with van der Waals surface area (Å²) in [5, 5.41) is 28.6. The van der Waals surface area contributed by atoms with Gasteiger partial charge in [-0.3, -0.25) is 9.59 Å². The van der Waals surface area contributed by atoms with Gasteiger partial charge in [0.1, 0.15) is 6.10 Å². The third-order valence-corrected chi connectivity index (χ3v) is 9.34. The van der Waals surface area contributed by atoms with Gasteiger partial charge in [-0.2, -0.15) is 0 Å². The zero-order valence-corrected chi connectivity index (χ0v) is 30.2. The molecule has 0 aliphatic rings. The van der Waals surface area contributed by atoms with Crippen LogP contribution in [0.15, 0.2) is 0 Å². The fourth-order valence-electron chi connectivity index (χ4n) is 6.33.